The van der Waals surface area contributed by atoms with Crippen molar-refractivity contribution in [2.75, 3.05) is 0 Å². The molecule has 2 rings (SSSR count). The van der Waals surface area contributed by atoms with Gasteiger partial charge in [-0.2, -0.15) is 0 Å². The average Bonchev–Trinajstić information content (AvgIpc) is 2.86. The standard InChI is InChI=1S/C14H16N4O3/c1-14(2,3)17(19)9-11-8-15-13(16-11)10-4-6-12(7-5-10)18(20)21/h4-9,19H,1-3H3. The fourth-order valence-corrected chi connectivity index (χ4v) is 1.56. The van der Waals surface area contributed by atoms with Gasteiger partial charge in [0, 0.05) is 17.7 Å². The molecule has 7 heteroatoms. The van der Waals surface area contributed by atoms with Crippen LogP contribution in [0, 0.1) is 10.1 Å². The van der Waals surface area contributed by atoms with Crippen LogP contribution in [0.2, 0.25) is 0 Å². The van der Waals surface area contributed by atoms with E-state index >= 15 is 0 Å². The molecule has 7 nitrogen and oxygen atoms in total. The lowest BCUT2D eigenvalue weighted by molar-refractivity contribution is -0.384. The number of allylic oxidation sites excluding steroid dienone is 1. The molecule has 0 saturated carbocycles. The summed E-state index contributed by atoms with van der Waals surface area (Å²) in [6, 6.07) is 6.00. The molecule has 0 aliphatic carbocycles. The molecule has 1 aromatic carbocycles. The molecule has 1 aromatic rings. The Hall–Kier alpha value is -2.54. The first-order chi connectivity index (χ1) is 9.77. The van der Waals surface area contributed by atoms with Crippen LogP contribution < -0.4 is 0 Å². The van der Waals surface area contributed by atoms with Gasteiger partial charge in [0.05, 0.1) is 22.9 Å². The number of aliphatic imine (C=N–C) groups is 2. The maximum absolute atomic E-state index is 10.6. The van der Waals surface area contributed by atoms with E-state index in [-0.39, 0.29) is 5.69 Å². The summed E-state index contributed by atoms with van der Waals surface area (Å²) in [5, 5.41) is 21.5. The molecule has 0 unspecified atom stereocenters. The Morgan fingerprint density at radius 3 is 2.43 bits per heavy atom. The van der Waals surface area contributed by atoms with Crippen molar-refractivity contribution in [3.63, 3.8) is 0 Å². The Labute approximate surface area is 122 Å². The van der Waals surface area contributed by atoms with E-state index in [1.165, 1.54) is 24.5 Å². The van der Waals surface area contributed by atoms with Gasteiger partial charge in [0.25, 0.3) is 5.69 Å². The molecule has 1 aliphatic rings. The van der Waals surface area contributed by atoms with Gasteiger partial charge in [0.2, 0.25) is 0 Å². The zero-order chi connectivity index (χ0) is 15.6. The van der Waals surface area contributed by atoms with Crippen LogP contribution in [0.15, 0.2) is 46.1 Å². The van der Waals surface area contributed by atoms with Crippen LogP contribution in [-0.2, 0) is 0 Å². The number of nitrogens with zero attached hydrogens (tertiary/aromatic N) is 4. The fraction of sp³-hybridized carbons (Fsp3) is 0.286. The summed E-state index contributed by atoms with van der Waals surface area (Å²) in [7, 11) is 0. The van der Waals surface area contributed by atoms with E-state index in [2.05, 4.69) is 9.98 Å². The predicted molar refractivity (Wildman–Crippen MR) is 79.6 cm³/mol. The lowest BCUT2D eigenvalue weighted by Gasteiger charge is -2.27. The van der Waals surface area contributed by atoms with Crippen molar-refractivity contribution in [3.05, 3.63) is 51.8 Å². The third-order valence-electron chi connectivity index (χ3n) is 2.83. The molecule has 0 aromatic heterocycles. The minimum absolute atomic E-state index is 0.0198. The van der Waals surface area contributed by atoms with Gasteiger partial charge in [0.1, 0.15) is 5.70 Å². The van der Waals surface area contributed by atoms with E-state index in [9.17, 15) is 15.3 Å². The highest BCUT2D eigenvalue weighted by Crippen LogP contribution is 2.18. The van der Waals surface area contributed by atoms with Gasteiger partial charge in [-0.05, 0) is 32.9 Å². The minimum atomic E-state index is -0.457. The number of hydrogen-bond acceptors (Lipinski definition) is 6. The van der Waals surface area contributed by atoms with Crippen LogP contribution in [0.4, 0.5) is 5.69 Å². The number of amidine groups is 1. The van der Waals surface area contributed by atoms with Crippen LogP contribution in [0.5, 0.6) is 0 Å². The molecule has 1 heterocycles. The molecule has 0 fully saturated rings. The number of benzene rings is 1. The summed E-state index contributed by atoms with van der Waals surface area (Å²) in [6.07, 6.45) is 3.02. The van der Waals surface area contributed by atoms with Gasteiger partial charge < -0.3 is 0 Å². The molecular weight excluding hydrogens is 272 g/mol. The van der Waals surface area contributed by atoms with Crippen LogP contribution in [0.3, 0.4) is 0 Å². The number of non-ortho nitro benzene ring substituents is 1. The number of nitro benzene ring substituents is 1. The molecule has 1 N–H and O–H groups in total. The van der Waals surface area contributed by atoms with Crippen molar-refractivity contribution in [1.82, 2.24) is 5.06 Å². The van der Waals surface area contributed by atoms with Crippen molar-refractivity contribution >= 4 is 17.7 Å². The second-order valence-electron chi connectivity index (χ2n) is 5.57. The van der Waals surface area contributed by atoms with Gasteiger partial charge in [0.15, 0.2) is 5.84 Å². The Balaban J connectivity index is 2.20. The highest BCUT2D eigenvalue weighted by molar-refractivity contribution is 6.10. The van der Waals surface area contributed by atoms with Crippen molar-refractivity contribution in [2.45, 2.75) is 26.3 Å². The Morgan fingerprint density at radius 2 is 1.90 bits per heavy atom. The lowest BCUT2D eigenvalue weighted by atomic mass is 10.1. The first-order valence-corrected chi connectivity index (χ1v) is 6.35. The van der Waals surface area contributed by atoms with E-state index in [0.29, 0.717) is 17.1 Å². The second kappa shape index (κ2) is 5.45. The third-order valence-corrected chi connectivity index (χ3v) is 2.83. The molecule has 0 spiro atoms. The highest BCUT2D eigenvalue weighted by atomic mass is 16.6. The van der Waals surface area contributed by atoms with Gasteiger partial charge in [-0.25, -0.2) is 9.98 Å². The van der Waals surface area contributed by atoms with Crippen molar-refractivity contribution < 1.29 is 10.1 Å². The average molecular weight is 288 g/mol. The normalized spacial score (nSPS) is 16.2. The first kappa shape index (κ1) is 14.9. The zero-order valence-electron chi connectivity index (χ0n) is 12.0. The van der Waals surface area contributed by atoms with Gasteiger partial charge in [-0.1, -0.05) is 0 Å². The zero-order valence-corrected chi connectivity index (χ0v) is 12.0. The quantitative estimate of drug-likeness (QED) is 0.683. The number of nitro groups is 1. The van der Waals surface area contributed by atoms with Crippen LogP contribution in [0.25, 0.3) is 0 Å². The van der Waals surface area contributed by atoms with Crippen LogP contribution in [-0.4, -0.2) is 32.8 Å². The van der Waals surface area contributed by atoms with Crippen LogP contribution in [0.1, 0.15) is 26.3 Å². The summed E-state index contributed by atoms with van der Waals surface area (Å²) >= 11 is 0. The van der Waals surface area contributed by atoms with E-state index in [1.54, 1.807) is 12.1 Å². The third kappa shape index (κ3) is 3.51. The maximum Gasteiger partial charge on any atom is 0.269 e. The topological polar surface area (TPSA) is 91.3 Å². The second-order valence-corrected chi connectivity index (χ2v) is 5.57. The summed E-state index contributed by atoms with van der Waals surface area (Å²) in [4.78, 5) is 18.6. The molecule has 21 heavy (non-hydrogen) atoms. The largest absolute Gasteiger partial charge is 0.288 e. The summed E-state index contributed by atoms with van der Waals surface area (Å²) in [5.41, 5.74) is 0.777. The summed E-state index contributed by atoms with van der Waals surface area (Å²) < 4.78 is 0. The Bertz CT molecular complexity index is 639. The van der Waals surface area contributed by atoms with Gasteiger partial charge >= 0.3 is 0 Å². The van der Waals surface area contributed by atoms with Gasteiger partial charge in [-0.15, -0.1) is 0 Å². The molecule has 0 saturated heterocycles. The Kier molecular flexibility index (Phi) is 3.86. The van der Waals surface area contributed by atoms with E-state index in [4.69, 9.17) is 0 Å². The molecule has 0 atom stereocenters. The molecule has 1 aliphatic heterocycles. The lowest BCUT2D eigenvalue weighted by Crippen LogP contribution is -2.34. The minimum Gasteiger partial charge on any atom is -0.288 e. The first-order valence-electron chi connectivity index (χ1n) is 6.35. The van der Waals surface area contributed by atoms with Crippen molar-refractivity contribution in [2.24, 2.45) is 9.98 Å². The predicted octanol–water partition coefficient (Wildman–Crippen LogP) is 2.76. The van der Waals surface area contributed by atoms with E-state index < -0.39 is 10.5 Å². The summed E-state index contributed by atoms with van der Waals surface area (Å²) in [6.45, 7) is 5.57. The van der Waals surface area contributed by atoms with Gasteiger partial charge in [-0.3, -0.25) is 20.4 Å². The molecule has 0 amide bonds. The van der Waals surface area contributed by atoms with E-state index in [0.717, 1.165) is 5.06 Å². The molecular formula is C14H16N4O3. The maximum atomic E-state index is 10.6. The van der Waals surface area contributed by atoms with Crippen molar-refractivity contribution in [3.8, 4) is 0 Å². The van der Waals surface area contributed by atoms with Crippen molar-refractivity contribution in [1.29, 1.82) is 0 Å². The number of hydroxylamine groups is 2. The number of rotatable bonds is 3. The smallest absolute Gasteiger partial charge is 0.269 e. The fourth-order valence-electron chi connectivity index (χ4n) is 1.56. The molecule has 0 radical (unpaired) electrons. The summed E-state index contributed by atoms with van der Waals surface area (Å²) in [5.74, 6) is 0.457. The van der Waals surface area contributed by atoms with E-state index in [1.807, 2.05) is 20.8 Å². The Morgan fingerprint density at radius 1 is 1.29 bits per heavy atom. The monoisotopic (exact) mass is 288 g/mol. The number of hydrogen-bond donors (Lipinski definition) is 1. The SMILES string of the molecule is CC(C)(C)N(O)C=C1C=NC(c2ccc([N+](=O)[O-])cc2)=N1. The van der Waals surface area contributed by atoms with Crippen LogP contribution >= 0.6 is 0 Å². The molecule has 110 valence electrons. The molecule has 0 bridgehead atoms. The highest BCUT2D eigenvalue weighted by Gasteiger charge is 2.18.